The van der Waals surface area contributed by atoms with Gasteiger partial charge in [0.15, 0.2) is 0 Å². The van der Waals surface area contributed by atoms with Crippen molar-refractivity contribution in [3.8, 4) is 0 Å². The van der Waals surface area contributed by atoms with E-state index in [1.54, 1.807) is 23.6 Å². The van der Waals surface area contributed by atoms with Crippen molar-refractivity contribution < 1.29 is 13.5 Å². The summed E-state index contributed by atoms with van der Waals surface area (Å²) in [6, 6.07) is 6.32. The molecule has 0 aliphatic rings. The Hall–Kier alpha value is -0.600. The third kappa shape index (κ3) is 3.49. The lowest BCUT2D eigenvalue weighted by Crippen LogP contribution is -2.11. The van der Waals surface area contributed by atoms with Gasteiger partial charge in [0.25, 0.3) is 10.0 Å². The Kier molecular flexibility index (Phi) is 4.52. The Labute approximate surface area is 128 Å². The van der Waals surface area contributed by atoms with Crippen molar-refractivity contribution in [1.82, 2.24) is 0 Å². The zero-order valence-electron chi connectivity index (χ0n) is 9.43. The summed E-state index contributed by atoms with van der Waals surface area (Å²) >= 11 is 10.2. The number of nitrogens with one attached hydrogen (secondary N) is 1. The summed E-state index contributed by atoms with van der Waals surface area (Å²) in [4.78, 5) is 0. The third-order valence-corrected chi connectivity index (χ3v) is 5.93. The Balaban J connectivity index is 2.33. The van der Waals surface area contributed by atoms with Gasteiger partial charge in [-0.3, -0.25) is 4.72 Å². The first kappa shape index (κ1) is 14.8. The summed E-state index contributed by atoms with van der Waals surface area (Å²) in [6.07, 6.45) is 0. The molecule has 0 spiro atoms. The van der Waals surface area contributed by atoms with Crippen molar-refractivity contribution in [2.45, 2.75) is 10.8 Å². The summed E-state index contributed by atoms with van der Waals surface area (Å²) in [5.41, 5.74) is 0.862. The van der Waals surface area contributed by atoms with Crippen LogP contribution >= 0.6 is 38.9 Å². The second kappa shape index (κ2) is 5.80. The maximum absolute atomic E-state index is 12.1. The maximum atomic E-state index is 12.1. The van der Waals surface area contributed by atoms with Crippen molar-refractivity contribution in [2.24, 2.45) is 0 Å². The molecule has 0 radical (unpaired) electrons. The highest BCUT2D eigenvalue weighted by Gasteiger charge is 2.18. The van der Waals surface area contributed by atoms with Crippen LogP contribution < -0.4 is 4.72 Å². The van der Waals surface area contributed by atoms with Crippen molar-refractivity contribution in [3.63, 3.8) is 0 Å². The highest BCUT2D eigenvalue weighted by atomic mass is 79.9. The second-order valence-corrected chi connectivity index (χ2v) is 7.81. The highest BCUT2D eigenvalue weighted by Crippen LogP contribution is 2.29. The van der Waals surface area contributed by atoms with Crippen molar-refractivity contribution in [3.05, 3.63) is 44.7 Å². The standard InChI is InChI=1S/C11H9BrClNO3S2/c12-8-1-2-9(13)10(4-8)14-19(16,17)11-3-7(5-15)6-18-11/h1-4,6,14-15H,5H2. The van der Waals surface area contributed by atoms with E-state index in [4.69, 9.17) is 16.7 Å². The minimum atomic E-state index is -3.69. The highest BCUT2D eigenvalue weighted by molar-refractivity contribution is 9.10. The molecule has 2 rings (SSSR count). The molecule has 1 heterocycles. The molecule has 2 N–H and O–H groups in total. The SMILES string of the molecule is O=S(=O)(Nc1cc(Br)ccc1Cl)c1cc(CO)cs1. The molecule has 0 aliphatic carbocycles. The first-order valence-corrected chi connectivity index (χ1v) is 8.62. The fourth-order valence-corrected chi connectivity index (χ4v) is 4.20. The number of hydrogen-bond donors (Lipinski definition) is 2. The quantitative estimate of drug-likeness (QED) is 0.851. The molecule has 1 aromatic carbocycles. The van der Waals surface area contributed by atoms with Crippen LogP contribution in [0.15, 0.2) is 38.3 Å². The number of benzene rings is 1. The van der Waals surface area contributed by atoms with Gasteiger partial charge in [0, 0.05) is 4.47 Å². The fraction of sp³-hybridized carbons (Fsp3) is 0.0909. The van der Waals surface area contributed by atoms with Crippen molar-refractivity contribution in [2.75, 3.05) is 4.72 Å². The molecule has 19 heavy (non-hydrogen) atoms. The number of aliphatic hydroxyl groups is 1. The van der Waals surface area contributed by atoms with Gasteiger partial charge in [0.05, 0.1) is 17.3 Å². The van der Waals surface area contributed by atoms with Crippen molar-refractivity contribution >= 4 is 54.6 Å². The predicted molar refractivity (Wildman–Crippen MR) is 80.2 cm³/mol. The smallest absolute Gasteiger partial charge is 0.271 e. The van der Waals surface area contributed by atoms with Crippen LogP contribution in [0.3, 0.4) is 0 Å². The normalized spacial score (nSPS) is 11.5. The van der Waals surface area contributed by atoms with Gasteiger partial charge in [0.2, 0.25) is 0 Å². The molecule has 8 heteroatoms. The molecule has 0 atom stereocenters. The van der Waals surface area contributed by atoms with Crippen molar-refractivity contribution in [1.29, 1.82) is 0 Å². The number of rotatable bonds is 4. The van der Waals surface area contributed by atoms with E-state index in [2.05, 4.69) is 20.7 Å². The van der Waals surface area contributed by atoms with Gasteiger partial charge in [-0.15, -0.1) is 11.3 Å². The number of halogens is 2. The van der Waals surface area contributed by atoms with E-state index in [9.17, 15) is 8.42 Å². The molecule has 1 aromatic heterocycles. The zero-order valence-corrected chi connectivity index (χ0v) is 13.4. The maximum Gasteiger partial charge on any atom is 0.271 e. The molecular formula is C11H9BrClNO3S2. The van der Waals surface area contributed by atoms with Crippen LogP contribution in [-0.4, -0.2) is 13.5 Å². The van der Waals surface area contributed by atoms with Gasteiger partial charge in [0.1, 0.15) is 4.21 Å². The summed E-state index contributed by atoms with van der Waals surface area (Å²) in [5, 5.41) is 10.9. The Bertz CT molecular complexity index is 700. The molecule has 0 aliphatic heterocycles. The largest absolute Gasteiger partial charge is 0.392 e. The van der Waals surface area contributed by atoms with Gasteiger partial charge in [-0.05, 0) is 35.2 Å². The first-order chi connectivity index (χ1) is 8.92. The van der Waals surface area contributed by atoms with Gasteiger partial charge in [-0.25, -0.2) is 8.42 Å². The molecular weight excluding hydrogens is 374 g/mol. The summed E-state index contributed by atoms with van der Waals surface area (Å²) < 4.78 is 27.5. The van der Waals surface area contributed by atoms with E-state index in [-0.39, 0.29) is 10.8 Å². The molecule has 0 saturated heterocycles. The van der Waals surface area contributed by atoms with E-state index in [1.807, 2.05) is 0 Å². The minimum absolute atomic E-state index is 0.132. The molecule has 0 unspecified atom stereocenters. The van der Waals surface area contributed by atoms with Crippen LogP contribution in [0.25, 0.3) is 0 Å². The second-order valence-electron chi connectivity index (χ2n) is 3.66. The third-order valence-electron chi connectivity index (χ3n) is 2.25. The number of anilines is 1. The Morgan fingerprint density at radius 1 is 1.37 bits per heavy atom. The van der Waals surface area contributed by atoms with E-state index in [1.165, 1.54) is 6.07 Å². The van der Waals surface area contributed by atoms with Crippen LogP contribution in [0, 0.1) is 0 Å². The molecule has 0 saturated carbocycles. The monoisotopic (exact) mass is 381 g/mol. The average Bonchev–Trinajstić information content (AvgIpc) is 2.83. The molecule has 4 nitrogen and oxygen atoms in total. The lowest BCUT2D eigenvalue weighted by molar-refractivity contribution is 0.282. The van der Waals surface area contributed by atoms with Gasteiger partial charge in [-0.2, -0.15) is 0 Å². The number of thiophene rings is 1. The number of aliphatic hydroxyl groups excluding tert-OH is 1. The average molecular weight is 383 g/mol. The Morgan fingerprint density at radius 2 is 2.11 bits per heavy atom. The van der Waals surface area contributed by atoms with Gasteiger partial charge >= 0.3 is 0 Å². The van der Waals surface area contributed by atoms with Gasteiger partial charge < -0.3 is 5.11 Å². The lowest BCUT2D eigenvalue weighted by atomic mass is 10.3. The Morgan fingerprint density at radius 3 is 2.74 bits per heavy atom. The molecule has 2 aromatic rings. The van der Waals surface area contributed by atoms with Crippen LogP contribution in [0.2, 0.25) is 5.02 Å². The van der Waals surface area contributed by atoms with Gasteiger partial charge in [-0.1, -0.05) is 27.5 Å². The van der Waals surface area contributed by atoms with E-state index >= 15 is 0 Å². The predicted octanol–water partition coefficient (Wildman–Crippen LogP) is 3.46. The summed E-state index contributed by atoms with van der Waals surface area (Å²) in [7, 11) is -3.69. The van der Waals surface area contributed by atoms with E-state index < -0.39 is 10.0 Å². The van der Waals surface area contributed by atoms with E-state index in [0.717, 1.165) is 15.8 Å². The zero-order chi connectivity index (χ0) is 14.0. The number of sulfonamides is 1. The molecule has 0 amide bonds. The van der Waals surface area contributed by atoms with Crippen LogP contribution in [0.4, 0.5) is 5.69 Å². The lowest BCUT2D eigenvalue weighted by Gasteiger charge is -2.08. The summed E-state index contributed by atoms with van der Waals surface area (Å²) in [5.74, 6) is 0. The van der Waals surface area contributed by atoms with E-state index in [0.29, 0.717) is 16.3 Å². The molecule has 0 fully saturated rings. The minimum Gasteiger partial charge on any atom is -0.392 e. The summed E-state index contributed by atoms with van der Waals surface area (Å²) in [6.45, 7) is -0.191. The molecule has 0 bridgehead atoms. The fourth-order valence-electron chi connectivity index (χ4n) is 1.35. The van der Waals surface area contributed by atoms with Crippen LogP contribution in [0.5, 0.6) is 0 Å². The number of hydrogen-bond acceptors (Lipinski definition) is 4. The van der Waals surface area contributed by atoms with Crippen LogP contribution in [-0.2, 0) is 16.6 Å². The molecule has 102 valence electrons. The van der Waals surface area contributed by atoms with Crippen LogP contribution in [0.1, 0.15) is 5.56 Å². The topological polar surface area (TPSA) is 66.4 Å². The first-order valence-electron chi connectivity index (χ1n) is 5.08.